The van der Waals surface area contributed by atoms with E-state index in [9.17, 15) is 13.2 Å². The summed E-state index contributed by atoms with van der Waals surface area (Å²) in [6.45, 7) is 0. The van der Waals surface area contributed by atoms with Gasteiger partial charge in [0.15, 0.2) is 9.84 Å². The quantitative estimate of drug-likeness (QED) is 0.630. The normalized spacial score (nSPS) is 13.4. The summed E-state index contributed by atoms with van der Waals surface area (Å²) >= 11 is 0. The number of nitrogens with zero attached hydrogens (tertiary/aromatic N) is 2. The van der Waals surface area contributed by atoms with Gasteiger partial charge in [-0.25, -0.2) is 18.4 Å². The van der Waals surface area contributed by atoms with Crippen LogP contribution in [0.3, 0.4) is 0 Å². The first-order chi connectivity index (χ1) is 14.3. The van der Waals surface area contributed by atoms with Crippen molar-refractivity contribution in [2.75, 3.05) is 23.9 Å². The van der Waals surface area contributed by atoms with E-state index in [2.05, 4.69) is 32.4 Å². The molecular formula is C22H20N4O3S. The Hall–Kier alpha value is -3.44. The van der Waals surface area contributed by atoms with E-state index in [0.717, 1.165) is 23.6 Å². The highest BCUT2D eigenvalue weighted by atomic mass is 32.2. The first-order valence-electron chi connectivity index (χ1n) is 9.44. The summed E-state index contributed by atoms with van der Waals surface area (Å²) in [6, 6.07) is 8.22. The molecule has 1 aliphatic carbocycles. The highest BCUT2D eigenvalue weighted by molar-refractivity contribution is 7.90. The molecule has 152 valence electrons. The van der Waals surface area contributed by atoms with Crippen LogP contribution < -0.4 is 10.6 Å². The summed E-state index contributed by atoms with van der Waals surface area (Å²) in [7, 11) is -1.47. The molecule has 1 aromatic carbocycles. The van der Waals surface area contributed by atoms with Crippen LogP contribution in [0, 0.1) is 17.8 Å². The number of rotatable bonds is 4. The van der Waals surface area contributed by atoms with Crippen molar-refractivity contribution in [1.29, 1.82) is 0 Å². The number of hydrogen-bond donors (Lipinski definition) is 2. The number of sulfone groups is 1. The maximum atomic E-state index is 12.1. The van der Waals surface area contributed by atoms with Crippen LogP contribution in [-0.2, 0) is 14.6 Å². The highest BCUT2D eigenvalue weighted by Gasteiger charge is 2.29. The van der Waals surface area contributed by atoms with Crippen molar-refractivity contribution in [3.63, 3.8) is 0 Å². The Labute approximate surface area is 174 Å². The highest BCUT2D eigenvalue weighted by Crippen LogP contribution is 2.31. The molecule has 0 aliphatic heterocycles. The topological polar surface area (TPSA) is 101 Å². The van der Waals surface area contributed by atoms with E-state index < -0.39 is 9.84 Å². The molecule has 0 spiro atoms. The Kier molecular flexibility index (Phi) is 5.14. The van der Waals surface area contributed by atoms with E-state index in [1.54, 1.807) is 37.6 Å². The van der Waals surface area contributed by atoms with Gasteiger partial charge in [-0.05, 0) is 43.2 Å². The van der Waals surface area contributed by atoms with Crippen LogP contribution in [0.4, 0.5) is 11.6 Å². The molecule has 0 atom stereocenters. The van der Waals surface area contributed by atoms with Crippen LogP contribution in [0.1, 0.15) is 24.0 Å². The fraction of sp³-hybridized carbons (Fsp3) is 0.227. The summed E-state index contributed by atoms with van der Waals surface area (Å²) in [5.41, 5.74) is 1.37. The largest absolute Gasteiger partial charge is 0.373 e. The van der Waals surface area contributed by atoms with Crippen molar-refractivity contribution in [2.24, 2.45) is 5.92 Å². The van der Waals surface area contributed by atoms with Crippen molar-refractivity contribution in [3.8, 4) is 11.8 Å². The molecule has 2 N–H and O–H groups in total. The minimum Gasteiger partial charge on any atom is -0.373 e. The van der Waals surface area contributed by atoms with Gasteiger partial charge >= 0.3 is 0 Å². The van der Waals surface area contributed by atoms with E-state index in [0.29, 0.717) is 22.8 Å². The third-order valence-electron chi connectivity index (χ3n) is 4.83. The maximum absolute atomic E-state index is 12.1. The Balaban J connectivity index is 1.71. The van der Waals surface area contributed by atoms with E-state index >= 15 is 0 Å². The zero-order chi connectivity index (χ0) is 21.3. The number of benzene rings is 1. The van der Waals surface area contributed by atoms with E-state index in [4.69, 9.17) is 0 Å². The molecule has 4 rings (SSSR count). The Morgan fingerprint density at radius 1 is 1.07 bits per heavy atom. The lowest BCUT2D eigenvalue weighted by Crippen LogP contribution is -2.14. The van der Waals surface area contributed by atoms with Gasteiger partial charge < -0.3 is 10.6 Å². The molecule has 1 aliphatic rings. The van der Waals surface area contributed by atoms with Gasteiger partial charge in [-0.2, -0.15) is 0 Å². The van der Waals surface area contributed by atoms with E-state index in [1.807, 2.05) is 0 Å². The number of hydrogen-bond acceptors (Lipinski definition) is 6. The van der Waals surface area contributed by atoms with Gasteiger partial charge in [0.05, 0.1) is 10.5 Å². The molecule has 0 unspecified atom stereocenters. The molecular weight excluding hydrogens is 400 g/mol. The predicted molar refractivity (Wildman–Crippen MR) is 116 cm³/mol. The zero-order valence-electron chi connectivity index (χ0n) is 16.6. The van der Waals surface area contributed by atoms with E-state index in [1.165, 1.54) is 18.4 Å². The van der Waals surface area contributed by atoms with Crippen molar-refractivity contribution in [1.82, 2.24) is 9.97 Å². The molecule has 7 nitrogen and oxygen atoms in total. The number of anilines is 2. The summed E-state index contributed by atoms with van der Waals surface area (Å²) in [5.74, 6) is 7.37. The van der Waals surface area contributed by atoms with Crippen LogP contribution >= 0.6 is 0 Å². The van der Waals surface area contributed by atoms with Gasteiger partial charge in [-0.1, -0.05) is 11.8 Å². The van der Waals surface area contributed by atoms with Crippen molar-refractivity contribution < 1.29 is 13.2 Å². The standard InChI is InChI=1S/C22H20N4O3S/c1-23-21-19-13-24-20(26-22(27)15-7-8-15)11-18(19)16(12-25-21)6-3-14-4-9-17(10-5-14)30(2,28)29/h4-5,9-13,15H,7-8H2,1-2H3,(H,23,25)(H,24,26,27). The third-order valence-corrected chi connectivity index (χ3v) is 5.96. The van der Waals surface area contributed by atoms with Crippen LogP contribution in [0.25, 0.3) is 10.8 Å². The van der Waals surface area contributed by atoms with Gasteiger partial charge in [0.2, 0.25) is 5.91 Å². The number of amides is 1. The number of pyridine rings is 2. The van der Waals surface area contributed by atoms with Crippen molar-refractivity contribution in [3.05, 3.63) is 53.9 Å². The molecule has 30 heavy (non-hydrogen) atoms. The molecule has 3 aromatic rings. The molecule has 0 bridgehead atoms. The summed E-state index contributed by atoms with van der Waals surface area (Å²) in [6.07, 6.45) is 6.34. The van der Waals surface area contributed by atoms with Gasteiger partial charge in [0.1, 0.15) is 11.6 Å². The summed E-state index contributed by atoms with van der Waals surface area (Å²) in [4.78, 5) is 21.1. The SMILES string of the molecule is CNc1ncc(C#Cc2ccc(S(C)(=O)=O)cc2)c2cc(NC(=O)C3CC3)ncc12. The Morgan fingerprint density at radius 2 is 1.80 bits per heavy atom. The maximum Gasteiger partial charge on any atom is 0.228 e. The van der Waals surface area contributed by atoms with Crippen LogP contribution in [0.15, 0.2) is 47.6 Å². The monoisotopic (exact) mass is 420 g/mol. The Bertz CT molecular complexity index is 1300. The molecule has 2 aromatic heterocycles. The van der Waals surface area contributed by atoms with Gasteiger partial charge in [0, 0.05) is 48.0 Å². The third kappa shape index (κ3) is 4.26. The summed E-state index contributed by atoms with van der Waals surface area (Å²) < 4.78 is 23.2. The Morgan fingerprint density at radius 3 is 2.43 bits per heavy atom. The fourth-order valence-corrected chi connectivity index (χ4v) is 3.63. The van der Waals surface area contributed by atoms with Crippen molar-refractivity contribution in [2.45, 2.75) is 17.7 Å². The predicted octanol–water partition coefficient (Wildman–Crippen LogP) is 2.82. The first-order valence-corrected chi connectivity index (χ1v) is 11.3. The second-order valence-electron chi connectivity index (χ2n) is 7.20. The average molecular weight is 420 g/mol. The lowest BCUT2D eigenvalue weighted by Gasteiger charge is -2.09. The molecule has 8 heteroatoms. The number of carbonyl (C=O) groups excluding carboxylic acids is 1. The van der Waals surface area contributed by atoms with Gasteiger partial charge in [0.25, 0.3) is 0 Å². The number of aromatic nitrogens is 2. The van der Waals surface area contributed by atoms with Crippen LogP contribution in [0.5, 0.6) is 0 Å². The second kappa shape index (κ2) is 7.76. The molecule has 1 amide bonds. The molecule has 0 saturated heterocycles. The zero-order valence-corrected chi connectivity index (χ0v) is 17.4. The summed E-state index contributed by atoms with van der Waals surface area (Å²) in [5, 5.41) is 7.50. The van der Waals surface area contributed by atoms with Crippen LogP contribution in [0.2, 0.25) is 0 Å². The molecule has 2 heterocycles. The lowest BCUT2D eigenvalue weighted by atomic mass is 10.1. The fourth-order valence-electron chi connectivity index (χ4n) is 3.00. The first kappa shape index (κ1) is 19.9. The minimum atomic E-state index is -3.25. The van der Waals surface area contributed by atoms with Gasteiger partial charge in [-0.15, -0.1) is 0 Å². The number of fused-ring (bicyclic) bond motifs is 1. The van der Waals surface area contributed by atoms with Crippen LogP contribution in [-0.4, -0.2) is 37.6 Å². The van der Waals surface area contributed by atoms with Gasteiger partial charge in [-0.3, -0.25) is 4.79 Å². The average Bonchev–Trinajstić information content (AvgIpc) is 3.57. The van der Waals surface area contributed by atoms with E-state index in [-0.39, 0.29) is 16.7 Å². The molecule has 1 fully saturated rings. The number of nitrogens with one attached hydrogen (secondary N) is 2. The molecule has 1 saturated carbocycles. The molecule has 0 radical (unpaired) electrons. The number of carbonyl (C=O) groups is 1. The van der Waals surface area contributed by atoms with Crippen molar-refractivity contribution >= 4 is 38.2 Å². The lowest BCUT2D eigenvalue weighted by molar-refractivity contribution is -0.117. The smallest absolute Gasteiger partial charge is 0.228 e. The second-order valence-corrected chi connectivity index (χ2v) is 9.21. The minimum absolute atomic E-state index is 0.0108.